The quantitative estimate of drug-likeness (QED) is 0.610. The van der Waals surface area contributed by atoms with Crippen LogP contribution in [-0.4, -0.2) is 11.0 Å². The van der Waals surface area contributed by atoms with Crippen LogP contribution >= 0.6 is 15.9 Å². The number of hydrogen-bond donors (Lipinski definition) is 0. The molecule has 0 fully saturated rings. The lowest BCUT2D eigenvalue weighted by Gasteiger charge is -1.99. The van der Waals surface area contributed by atoms with Crippen LogP contribution in [0.5, 0.6) is 0 Å². The molecule has 0 amide bonds. The Labute approximate surface area is 65.8 Å². The van der Waals surface area contributed by atoms with Gasteiger partial charge in [-0.2, -0.15) is 0 Å². The van der Waals surface area contributed by atoms with Gasteiger partial charge in [-0.25, -0.2) is 4.98 Å². The van der Waals surface area contributed by atoms with E-state index in [4.69, 9.17) is 0 Å². The molecule has 0 saturated heterocycles. The van der Waals surface area contributed by atoms with E-state index in [1.54, 1.807) is 0 Å². The number of pyridine rings is 1. The van der Waals surface area contributed by atoms with Crippen LogP contribution < -0.4 is 5.11 Å². The molecule has 0 bridgehead atoms. The molecule has 1 aromatic rings. The molecule has 0 aromatic carbocycles. The molecule has 4 heteroatoms. The second-order valence-corrected chi connectivity index (χ2v) is 2.47. The number of carboxylic acid groups (broad SMARTS) is 1. The van der Waals surface area contributed by atoms with Gasteiger partial charge in [0.05, 0.1) is 5.97 Å². The average Bonchev–Trinajstić information content (AvgIpc) is 1.88. The summed E-state index contributed by atoms with van der Waals surface area (Å²) in [5.74, 6) is -1.19. The van der Waals surface area contributed by atoms with Crippen molar-refractivity contribution in [3.63, 3.8) is 0 Å². The molecule has 0 atom stereocenters. The van der Waals surface area contributed by atoms with Crippen molar-refractivity contribution < 1.29 is 9.90 Å². The molecule has 0 aliphatic carbocycles. The third-order valence-electron chi connectivity index (χ3n) is 0.962. The van der Waals surface area contributed by atoms with Gasteiger partial charge in [-0.1, -0.05) is 0 Å². The Morgan fingerprint density at radius 2 is 2.40 bits per heavy atom. The van der Waals surface area contributed by atoms with Gasteiger partial charge in [0.2, 0.25) is 0 Å². The first-order chi connectivity index (χ1) is 4.70. The minimum atomic E-state index is -1.19. The van der Waals surface area contributed by atoms with E-state index in [1.165, 1.54) is 18.3 Å². The van der Waals surface area contributed by atoms with Gasteiger partial charge >= 0.3 is 0 Å². The predicted octanol–water partition coefficient (Wildman–Crippen LogP) is 0.208. The Morgan fingerprint density at radius 1 is 1.70 bits per heavy atom. The van der Waals surface area contributed by atoms with Crippen LogP contribution in [0, 0.1) is 0 Å². The Hall–Kier alpha value is -0.900. The fourth-order valence-electron chi connectivity index (χ4n) is 0.529. The van der Waals surface area contributed by atoms with Crippen LogP contribution in [0.15, 0.2) is 22.9 Å². The third kappa shape index (κ3) is 1.54. The first kappa shape index (κ1) is 7.21. The Kier molecular flexibility index (Phi) is 2.01. The number of aromatic carboxylic acids is 1. The van der Waals surface area contributed by atoms with E-state index in [0.29, 0.717) is 4.60 Å². The highest BCUT2D eigenvalue weighted by Gasteiger charge is 1.92. The summed E-state index contributed by atoms with van der Waals surface area (Å²) in [5, 5.41) is 10.2. The smallest absolute Gasteiger partial charge is 0.106 e. The van der Waals surface area contributed by atoms with Crippen molar-refractivity contribution in [2.75, 3.05) is 0 Å². The number of carboxylic acids is 1. The number of carbonyl (C=O) groups excluding carboxylic acids is 1. The summed E-state index contributed by atoms with van der Waals surface area (Å²) in [6.07, 6.45) is 1.40. The number of nitrogens with zero attached hydrogens (tertiary/aromatic N) is 1. The van der Waals surface area contributed by atoms with Crippen LogP contribution in [-0.2, 0) is 0 Å². The fourth-order valence-corrected chi connectivity index (χ4v) is 0.894. The number of halogens is 1. The maximum absolute atomic E-state index is 10.2. The molecular formula is C6H3BrNO2-. The minimum Gasteiger partial charge on any atom is -0.545 e. The van der Waals surface area contributed by atoms with Crippen LogP contribution in [0.3, 0.4) is 0 Å². The van der Waals surface area contributed by atoms with Gasteiger partial charge in [-0.15, -0.1) is 0 Å². The van der Waals surface area contributed by atoms with E-state index in [1.807, 2.05) is 0 Å². The van der Waals surface area contributed by atoms with Crippen molar-refractivity contribution in [1.29, 1.82) is 0 Å². The summed E-state index contributed by atoms with van der Waals surface area (Å²) in [6, 6.07) is 2.76. The lowest BCUT2D eigenvalue weighted by atomic mass is 10.3. The van der Waals surface area contributed by atoms with Gasteiger partial charge in [-0.05, 0) is 28.1 Å². The second kappa shape index (κ2) is 2.79. The summed E-state index contributed by atoms with van der Waals surface area (Å²) in [7, 11) is 0. The van der Waals surface area contributed by atoms with Gasteiger partial charge in [-0.3, -0.25) is 0 Å². The zero-order valence-electron chi connectivity index (χ0n) is 4.87. The molecule has 0 spiro atoms. The zero-order chi connectivity index (χ0) is 7.56. The van der Waals surface area contributed by atoms with Gasteiger partial charge in [0.1, 0.15) is 4.60 Å². The highest BCUT2D eigenvalue weighted by atomic mass is 79.9. The van der Waals surface area contributed by atoms with Crippen LogP contribution in [0.4, 0.5) is 0 Å². The van der Waals surface area contributed by atoms with Gasteiger partial charge in [0, 0.05) is 11.8 Å². The monoisotopic (exact) mass is 200 g/mol. The molecule has 52 valence electrons. The Morgan fingerprint density at radius 3 is 2.80 bits per heavy atom. The van der Waals surface area contributed by atoms with Crippen molar-refractivity contribution >= 4 is 21.9 Å². The summed E-state index contributed by atoms with van der Waals surface area (Å²) in [4.78, 5) is 13.9. The Balaban J connectivity index is 3.07. The van der Waals surface area contributed by atoms with Crippen LogP contribution in [0.25, 0.3) is 0 Å². The van der Waals surface area contributed by atoms with Crippen molar-refractivity contribution in [1.82, 2.24) is 4.98 Å². The molecule has 0 radical (unpaired) electrons. The van der Waals surface area contributed by atoms with E-state index in [-0.39, 0.29) is 5.56 Å². The normalized spacial score (nSPS) is 9.30. The molecule has 1 heterocycles. The van der Waals surface area contributed by atoms with E-state index in [2.05, 4.69) is 20.9 Å². The van der Waals surface area contributed by atoms with Crippen molar-refractivity contribution in [3.8, 4) is 0 Å². The summed E-state index contributed by atoms with van der Waals surface area (Å²) < 4.78 is 0.495. The van der Waals surface area contributed by atoms with E-state index >= 15 is 0 Å². The molecule has 0 N–H and O–H groups in total. The molecule has 0 aliphatic rings. The molecule has 0 saturated carbocycles. The predicted molar refractivity (Wildman–Crippen MR) is 36.3 cm³/mol. The molecular weight excluding hydrogens is 198 g/mol. The topological polar surface area (TPSA) is 53.0 Å². The van der Waals surface area contributed by atoms with Gasteiger partial charge in [0.25, 0.3) is 0 Å². The first-order valence-electron chi connectivity index (χ1n) is 2.53. The number of hydrogen-bond acceptors (Lipinski definition) is 3. The molecule has 0 aliphatic heterocycles. The number of carbonyl (C=O) groups is 1. The van der Waals surface area contributed by atoms with Crippen molar-refractivity contribution in [2.24, 2.45) is 0 Å². The SMILES string of the molecule is O=C([O-])c1ccnc(Br)c1. The minimum absolute atomic E-state index is 0.127. The van der Waals surface area contributed by atoms with Crippen LogP contribution in [0.2, 0.25) is 0 Å². The summed E-state index contributed by atoms with van der Waals surface area (Å²) in [5.41, 5.74) is 0.127. The van der Waals surface area contributed by atoms with Crippen LogP contribution in [0.1, 0.15) is 10.4 Å². The third-order valence-corrected chi connectivity index (χ3v) is 1.40. The highest BCUT2D eigenvalue weighted by molar-refractivity contribution is 9.10. The second-order valence-electron chi connectivity index (χ2n) is 1.65. The zero-order valence-corrected chi connectivity index (χ0v) is 6.46. The summed E-state index contributed by atoms with van der Waals surface area (Å²) >= 11 is 3.03. The number of rotatable bonds is 1. The fraction of sp³-hybridized carbons (Fsp3) is 0. The summed E-state index contributed by atoms with van der Waals surface area (Å²) in [6.45, 7) is 0. The van der Waals surface area contributed by atoms with Crippen molar-refractivity contribution in [3.05, 3.63) is 28.5 Å². The Bertz CT molecular complexity index is 262. The maximum atomic E-state index is 10.2. The average molecular weight is 201 g/mol. The van der Waals surface area contributed by atoms with Gasteiger partial charge in [0.15, 0.2) is 0 Å². The first-order valence-corrected chi connectivity index (χ1v) is 3.32. The lowest BCUT2D eigenvalue weighted by molar-refractivity contribution is -0.255. The maximum Gasteiger partial charge on any atom is 0.106 e. The number of aromatic nitrogens is 1. The molecule has 0 unspecified atom stereocenters. The van der Waals surface area contributed by atoms with Crippen molar-refractivity contribution in [2.45, 2.75) is 0 Å². The molecule has 1 aromatic heterocycles. The lowest BCUT2D eigenvalue weighted by Crippen LogP contribution is -2.22. The highest BCUT2D eigenvalue weighted by Crippen LogP contribution is 2.06. The van der Waals surface area contributed by atoms with E-state index in [0.717, 1.165) is 0 Å². The molecule has 1 rings (SSSR count). The van der Waals surface area contributed by atoms with E-state index in [9.17, 15) is 9.90 Å². The van der Waals surface area contributed by atoms with Gasteiger partial charge < -0.3 is 9.90 Å². The molecule has 3 nitrogen and oxygen atoms in total. The standard InChI is InChI=1S/C6H4BrNO2/c7-5-3-4(6(9)10)1-2-8-5/h1-3H,(H,9,10)/p-1. The largest absolute Gasteiger partial charge is 0.545 e. The molecule has 10 heavy (non-hydrogen) atoms. The van der Waals surface area contributed by atoms with E-state index < -0.39 is 5.97 Å².